The molecule has 0 aliphatic carbocycles. The third kappa shape index (κ3) is 4.11. The van der Waals surface area contributed by atoms with Gasteiger partial charge in [-0.1, -0.05) is 35.5 Å². The van der Waals surface area contributed by atoms with Crippen LogP contribution in [0.4, 0.5) is 0 Å². The molecule has 0 spiro atoms. The van der Waals surface area contributed by atoms with Gasteiger partial charge in [0, 0.05) is 10.7 Å². The van der Waals surface area contributed by atoms with Gasteiger partial charge in [0.15, 0.2) is 0 Å². The minimum absolute atomic E-state index is 0.243. The third-order valence-corrected chi connectivity index (χ3v) is 3.33. The van der Waals surface area contributed by atoms with E-state index in [0.717, 1.165) is 5.56 Å². The van der Waals surface area contributed by atoms with Gasteiger partial charge in [-0.05, 0) is 17.7 Å². The predicted octanol–water partition coefficient (Wildman–Crippen LogP) is 2.76. The van der Waals surface area contributed by atoms with Gasteiger partial charge < -0.3 is 9.25 Å². The molecule has 0 fully saturated rings. The Bertz CT molecular complexity index is 664. The van der Waals surface area contributed by atoms with Crippen LogP contribution in [0.3, 0.4) is 0 Å². The first kappa shape index (κ1) is 13.6. The molecular weight excluding hydrogens is 290 g/mol. The van der Waals surface area contributed by atoms with Crippen LogP contribution in [0.25, 0.3) is 0 Å². The van der Waals surface area contributed by atoms with Gasteiger partial charge in [0.25, 0.3) is 9.05 Å². The molecular formula is C12H10ClNO4S. The van der Waals surface area contributed by atoms with Gasteiger partial charge in [-0.25, -0.2) is 8.42 Å². The van der Waals surface area contributed by atoms with Gasteiger partial charge >= 0.3 is 0 Å². The summed E-state index contributed by atoms with van der Waals surface area (Å²) < 4.78 is 26.9. The molecule has 19 heavy (non-hydrogen) atoms. The van der Waals surface area contributed by atoms with Gasteiger partial charge in [-0.15, -0.1) is 0 Å². The van der Waals surface area contributed by atoms with E-state index in [4.69, 9.17) is 19.9 Å². The Kier molecular flexibility index (Phi) is 4.24. The Morgan fingerprint density at radius 3 is 2.58 bits per heavy atom. The number of nitrogens with zero attached hydrogens (tertiary/aromatic N) is 1. The zero-order valence-corrected chi connectivity index (χ0v) is 11.3. The molecule has 0 radical (unpaired) electrons. The van der Waals surface area contributed by atoms with Gasteiger partial charge in [0.05, 0.1) is 0 Å². The summed E-state index contributed by atoms with van der Waals surface area (Å²) in [6.07, 6.45) is 1.27. The normalized spacial score (nSPS) is 11.8. The lowest BCUT2D eigenvalue weighted by molar-refractivity contribution is 0.131. The van der Waals surface area contributed by atoms with Crippen molar-refractivity contribution in [1.82, 2.24) is 0 Å². The first-order chi connectivity index (χ1) is 9.05. The zero-order valence-electron chi connectivity index (χ0n) is 9.69. The molecule has 100 valence electrons. The fourth-order valence-corrected chi connectivity index (χ4v) is 1.99. The molecule has 0 bridgehead atoms. The number of hydrogen-bond acceptors (Lipinski definition) is 5. The summed E-state index contributed by atoms with van der Waals surface area (Å²) in [5, 5.41) is 3.35. The first-order valence-electron chi connectivity index (χ1n) is 5.29. The van der Waals surface area contributed by atoms with Gasteiger partial charge in [-0.2, -0.15) is 0 Å². The average Bonchev–Trinajstić information content (AvgIpc) is 2.85. The van der Waals surface area contributed by atoms with Crippen LogP contribution in [0, 0.1) is 0 Å². The maximum atomic E-state index is 11.0. The lowest BCUT2D eigenvalue weighted by Crippen LogP contribution is -1.87. The van der Waals surface area contributed by atoms with Crippen LogP contribution in [0.2, 0.25) is 0 Å². The van der Waals surface area contributed by atoms with Gasteiger partial charge in [0.2, 0.25) is 5.09 Å². The van der Waals surface area contributed by atoms with Crippen LogP contribution in [-0.4, -0.2) is 14.6 Å². The molecule has 0 saturated carbocycles. The predicted molar refractivity (Wildman–Crippen MR) is 70.6 cm³/mol. The Balaban J connectivity index is 1.91. The smallest absolute Gasteiger partial charge is 0.294 e. The molecule has 1 heterocycles. The van der Waals surface area contributed by atoms with Crippen molar-refractivity contribution in [2.45, 2.75) is 11.7 Å². The standard InChI is InChI=1S/C12H10ClNO4S/c13-19(15,16)12-7-6-11(18-12)8-14-17-9-10-4-2-1-3-5-10/h1-8H,9H2/b14-8+. The first-order valence-corrected chi connectivity index (χ1v) is 7.60. The van der Waals surface area contributed by atoms with Crippen LogP contribution in [0.5, 0.6) is 0 Å². The lowest BCUT2D eigenvalue weighted by Gasteiger charge is -1.97. The molecule has 1 aromatic carbocycles. The van der Waals surface area contributed by atoms with Crippen molar-refractivity contribution >= 4 is 25.9 Å². The van der Waals surface area contributed by atoms with E-state index in [2.05, 4.69) is 5.16 Å². The zero-order chi connectivity index (χ0) is 13.7. The lowest BCUT2D eigenvalue weighted by atomic mass is 10.2. The molecule has 0 N–H and O–H groups in total. The summed E-state index contributed by atoms with van der Waals surface area (Å²) in [5.41, 5.74) is 0.975. The highest BCUT2D eigenvalue weighted by Gasteiger charge is 2.14. The van der Waals surface area contributed by atoms with Crippen LogP contribution in [-0.2, 0) is 20.5 Å². The van der Waals surface area contributed by atoms with E-state index in [-0.39, 0.29) is 10.9 Å². The van der Waals surface area contributed by atoms with Crippen LogP contribution >= 0.6 is 10.7 Å². The SMILES string of the molecule is O=S(=O)(Cl)c1ccc(/C=N/OCc2ccccc2)o1. The van der Waals surface area contributed by atoms with E-state index < -0.39 is 9.05 Å². The molecule has 2 aromatic rings. The quantitative estimate of drug-likeness (QED) is 0.483. The highest BCUT2D eigenvalue weighted by molar-refractivity contribution is 8.13. The fraction of sp³-hybridized carbons (Fsp3) is 0.0833. The topological polar surface area (TPSA) is 68.9 Å². The Morgan fingerprint density at radius 2 is 1.95 bits per heavy atom. The number of hydrogen-bond donors (Lipinski definition) is 0. The molecule has 0 aliphatic rings. The van der Waals surface area contributed by atoms with Crippen LogP contribution in [0.1, 0.15) is 11.3 Å². The molecule has 0 amide bonds. The Morgan fingerprint density at radius 1 is 1.21 bits per heavy atom. The second kappa shape index (κ2) is 5.90. The summed E-state index contributed by atoms with van der Waals surface area (Å²) in [5.74, 6) is 0.243. The van der Waals surface area contributed by atoms with E-state index in [0.29, 0.717) is 6.61 Å². The summed E-state index contributed by atoms with van der Waals surface area (Å²) >= 11 is 0. The van der Waals surface area contributed by atoms with Crippen molar-refractivity contribution in [3.8, 4) is 0 Å². The number of halogens is 1. The van der Waals surface area contributed by atoms with Crippen molar-refractivity contribution in [2.75, 3.05) is 0 Å². The van der Waals surface area contributed by atoms with Crippen molar-refractivity contribution in [1.29, 1.82) is 0 Å². The molecule has 0 unspecified atom stereocenters. The summed E-state index contributed by atoms with van der Waals surface area (Å²) in [6.45, 7) is 0.318. The molecule has 0 saturated heterocycles. The summed E-state index contributed by atoms with van der Waals surface area (Å²) in [4.78, 5) is 5.05. The number of benzene rings is 1. The van der Waals surface area contributed by atoms with E-state index in [1.165, 1.54) is 18.3 Å². The largest absolute Gasteiger partial charge is 0.442 e. The van der Waals surface area contributed by atoms with Crippen molar-refractivity contribution < 1.29 is 17.7 Å². The maximum absolute atomic E-state index is 11.0. The second-order valence-corrected chi connectivity index (χ2v) is 6.09. The minimum atomic E-state index is -3.85. The molecule has 0 aliphatic heterocycles. The monoisotopic (exact) mass is 299 g/mol. The van der Waals surface area contributed by atoms with Crippen molar-refractivity contribution in [3.63, 3.8) is 0 Å². The molecule has 0 atom stereocenters. The van der Waals surface area contributed by atoms with Gasteiger partial charge in [0.1, 0.15) is 18.6 Å². The van der Waals surface area contributed by atoms with Crippen molar-refractivity contribution in [2.24, 2.45) is 5.16 Å². The molecule has 7 heteroatoms. The maximum Gasteiger partial charge on any atom is 0.294 e. The average molecular weight is 300 g/mol. The molecule has 2 rings (SSSR count). The minimum Gasteiger partial charge on any atom is -0.442 e. The Labute approximate surface area is 114 Å². The highest BCUT2D eigenvalue weighted by Crippen LogP contribution is 2.17. The Hall–Kier alpha value is -1.79. The highest BCUT2D eigenvalue weighted by atomic mass is 35.7. The molecule has 1 aromatic heterocycles. The molecule has 5 nitrogen and oxygen atoms in total. The summed E-state index contributed by atoms with van der Waals surface area (Å²) in [7, 11) is 1.26. The fourth-order valence-electron chi connectivity index (χ4n) is 1.31. The summed E-state index contributed by atoms with van der Waals surface area (Å²) in [6, 6.07) is 12.2. The van der Waals surface area contributed by atoms with E-state index in [9.17, 15) is 8.42 Å². The number of rotatable bonds is 5. The second-order valence-electron chi connectivity index (χ2n) is 3.59. The van der Waals surface area contributed by atoms with E-state index in [1.54, 1.807) is 0 Å². The van der Waals surface area contributed by atoms with Crippen molar-refractivity contribution in [3.05, 3.63) is 53.8 Å². The van der Waals surface area contributed by atoms with Crippen LogP contribution in [0.15, 0.2) is 57.1 Å². The number of furan rings is 1. The number of oxime groups is 1. The van der Waals surface area contributed by atoms with Crippen LogP contribution < -0.4 is 0 Å². The third-order valence-electron chi connectivity index (χ3n) is 2.17. The van der Waals surface area contributed by atoms with E-state index >= 15 is 0 Å². The van der Waals surface area contributed by atoms with Gasteiger partial charge in [-0.3, -0.25) is 0 Å². The van der Waals surface area contributed by atoms with E-state index in [1.807, 2.05) is 30.3 Å².